The standard InChI is InChI=1S/C15H24N2O/c1-17-9-4-5-12(8-10-17)13-6-2-3-7-14(13)15(18)11-16/h2-3,6-7,12,15,18H,4-5,8-11,16H2,1H3. The van der Waals surface area contributed by atoms with Crippen molar-refractivity contribution in [1.82, 2.24) is 4.90 Å². The van der Waals surface area contributed by atoms with Crippen molar-refractivity contribution in [2.24, 2.45) is 5.73 Å². The van der Waals surface area contributed by atoms with Gasteiger partial charge in [0.15, 0.2) is 0 Å². The van der Waals surface area contributed by atoms with Gasteiger partial charge in [-0.1, -0.05) is 24.3 Å². The first-order chi connectivity index (χ1) is 8.72. The highest BCUT2D eigenvalue weighted by atomic mass is 16.3. The molecule has 0 amide bonds. The number of likely N-dealkylation sites (tertiary alicyclic amines) is 1. The molecule has 1 aliphatic rings. The van der Waals surface area contributed by atoms with Gasteiger partial charge in [0.2, 0.25) is 0 Å². The van der Waals surface area contributed by atoms with Crippen molar-refractivity contribution in [1.29, 1.82) is 0 Å². The molecule has 0 saturated carbocycles. The van der Waals surface area contributed by atoms with Gasteiger partial charge < -0.3 is 15.7 Å². The first kappa shape index (κ1) is 13.5. The Labute approximate surface area is 110 Å². The van der Waals surface area contributed by atoms with E-state index in [1.54, 1.807) is 0 Å². The molecule has 100 valence electrons. The van der Waals surface area contributed by atoms with E-state index in [0.717, 1.165) is 12.1 Å². The maximum atomic E-state index is 10.0. The van der Waals surface area contributed by atoms with Crippen molar-refractivity contribution in [2.45, 2.75) is 31.3 Å². The van der Waals surface area contributed by atoms with Crippen molar-refractivity contribution < 1.29 is 5.11 Å². The lowest BCUT2D eigenvalue weighted by Gasteiger charge is -2.21. The van der Waals surface area contributed by atoms with E-state index in [2.05, 4.69) is 24.1 Å². The number of aliphatic hydroxyl groups is 1. The molecule has 1 heterocycles. The number of nitrogens with two attached hydrogens (primary N) is 1. The van der Waals surface area contributed by atoms with E-state index < -0.39 is 6.10 Å². The summed E-state index contributed by atoms with van der Waals surface area (Å²) in [5.74, 6) is 0.562. The van der Waals surface area contributed by atoms with Gasteiger partial charge in [0.05, 0.1) is 6.10 Å². The van der Waals surface area contributed by atoms with E-state index >= 15 is 0 Å². The van der Waals surface area contributed by atoms with Gasteiger partial charge >= 0.3 is 0 Å². The third-order valence-electron chi connectivity index (χ3n) is 3.97. The Morgan fingerprint density at radius 2 is 2.11 bits per heavy atom. The Kier molecular flexibility index (Phi) is 4.75. The second-order valence-corrected chi connectivity index (χ2v) is 5.31. The zero-order chi connectivity index (χ0) is 13.0. The smallest absolute Gasteiger partial charge is 0.0914 e. The van der Waals surface area contributed by atoms with E-state index in [0.29, 0.717) is 12.5 Å². The second kappa shape index (κ2) is 6.32. The number of benzene rings is 1. The topological polar surface area (TPSA) is 49.5 Å². The molecule has 1 aromatic rings. The molecule has 18 heavy (non-hydrogen) atoms. The van der Waals surface area contributed by atoms with Gasteiger partial charge in [-0.2, -0.15) is 0 Å². The van der Waals surface area contributed by atoms with Crippen molar-refractivity contribution in [3.8, 4) is 0 Å². The predicted molar refractivity (Wildman–Crippen MR) is 74.5 cm³/mol. The predicted octanol–water partition coefficient (Wildman–Crippen LogP) is 1.88. The minimum Gasteiger partial charge on any atom is -0.387 e. The Hall–Kier alpha value is -0.900. The summed E-state index contributed by atoms with van der Waals surface area (Å²) < 4.78 is 0. The lowest BCUT2D eigenvalue weighted by Crippen LogP contribution is -2.19. The fourth-order valence-corrected chi connectivity index (χ4v) is 2.86. The molecule has 0 spiro atoms. The molecule has 1 aromatic carbocycles. The molecule has 1 aliphatic heterocycles. The zero-order valence-corrected chi connectivity index (χ0v) is 11.2. The van der Waals surface area contributed by atoms with Crippen LogP contribution in [0.5, 0.6) is 0 Å². The summed E-state index contributed by atoms with van der Waals surface area (Å²) in [5, 5.41) is 10.0. The second-order valence-electron chi connectivity index (χ2n) is 5.31. The van der Waals surface area contributed by atoms with Crippen LogP contribution < -0.4 is 5.73 Å². The van der Waals surface area contributed by atoms with Crippen LogP contribution in [0.2, 0.25) is 0 Å². The van der Waals surface area contributed by atoms with Crippen LogP contribution in [0.25, 0.3) is 0 Å². The van der Waals surface area contributed by atoms with Crippen LogP contribution in [0.4, 0.5) is 0 Å². The molecule has 1 saturated heterocycles. The van der Waals surface area contributed by atoms with Crippen LogP contribution in [0.3, 0.4) is 0 Å². The van der Waals surface area contributed by atoms with Crippen molar-refractivity contribution in [2.75, 3.05) is 26.7 Å². The number of rotatable bonds is 3. The van der Waals surface area contributed by atoms with Gasteiger partial charge in [-0.25, -0.2) is 0 Å². The summed E-state index contributed by atoms with van der Waals surface area (Å²) in [7, 11) is 2.18. The van der Waals surface area contributed by atoms with E-state index in [-0.39, 0.29) is 0 Å². The number of hydrogen-bond donors (Lipinski definition) is 2. The molecular formula is C15H24N2O. The van der Waals surface area contributed by atoms with Crippen LogP contribution in [0.15, 0.2) is 24.3 Å². The summed E-state index contributed by atoms with van der Waals surface area (Å²) in [4.78, 5) is 2.39. The largest absolute Gasteiger partial charge is 0.387 e. The molecule has 2 atom stereocenters. The van der Waals surface area contributed by atoms with E-state index in [1.165, 1.54) is 31.4 Å². The molecule has 0 aromatic heterocycles. The Balaban J connectivity index is 2.21. The van der Waals surface area contributed by atoms with Gasteiger partial charge in [-0.05, 0) is 56.4 Å². The minimum absolute atomic E-state index is 0.295. The lowest BCUT2D eigenvalue weighted by molar-refractivity contribution is 0.185. The number of hydrogen-bond acceptors (Lipinski definition) is 3. The van der Waals surface area contributed by atoms with E-state index in [4.69, 9.17) is 5.73 Å². The molecule has 2 rings (SSSR count). The first-order valence-corrected chi connectivity index (χ1v) is 6.88. The summed E-state index contributed by atoms with van der Waals surface area (Å²) >= 11 is 0. The van der Waals surface area contributed by atoms with Crippen molar-refractivity contribution in [3.05, 3.63) is 35.4 Å². The van der Waals surface area contributed by atoms with Crippen LogP contribution in [0, 0.1) is 0 Å². The number of nitrogens with zero attached hydrogens (tertiary/aromatic N) is 1. The quantitative estimate of drug-likeness (QED) is 0.858. The Morgan fingerprint density at radius 3 is 2.89 bits per heavy atom. The molecule has 1 fully saturated rings. The van der Waals surface area contributed by atoms with Gasteiger partial charge in [-0.15, -0.1) is 0 Å². The third kappa shape index (κ3) is 3.10. The maximum Gasteiger partial charge on any atom is 0.0914 e. The average molecular weight is 248 g/mol. The number of aliphatic hydroxyl groups excluding tert-OH is 1. The Morgan fingerprint density at radius 1 is 1.33 bits per heavy atom. The molecule has 0 radical (unpaired) electrons. The van der Waals surface area contributed by atoms with Crippen LogP contribution in [0.1, 0.15) is 42.4 Å². The van der Waals surface area contributed by atoms with Crippen molar-refractivity contribution in [3.63, 3.8) is 0 Å². The fraction of sp³-hybridized carbons (Fsp3) is 0.600. The van der Waals surface area contributed by atoms with Crippen molar-refractivity contribution >= 4 is 0 Å². The highest BCUT2D eigenvalue weighted by molar-refractivity contribution is 5.32. The monoisotopic (exact) mass is 248 g/mol. The molecule has 3 N–H and O–H groups in total. The summed E-state index contributed by atoms with van der Waals surface area (Å²) in [6.45, 7) is 2.61. The first-order valence-electron chi connectivity index (χ1n) is 6.88. The molecule has 0 bridgehead atoms. The summed E-state index contributed by atoms with van der Waals surface area (Å²) in [6, 6.07) is 8.23. The normalized spacial score (nSPS) is 23.6. The highest BCUT2D eigenvalue weighted by Crippen LogP contribution is 2.32. The fourth-order valence-electron chi connectivity index (χ4n) is 2.86. The third-order valence-corrected chi connectivity index (χ3v) is 3.97. The Bertz CT molecular complexity index is 381. The van der Waals surface area contributed by atoms with E-state index in [9.17, 15) is 5.11 Å². The van der Waals surface area contributed by atoms with Gasteiger partial charge in [0.1, 0.15) is 0 Å². The van der Waals surface area contributed by atoms with Crippen LogP contribution in [-0.2, 0) is 0 Å². The molecule has 0 aliphatic carbocycles. The summed E-state index contributed by atoms with van der Waals surface area (Å²) in [6.07, 6.45) is 3.08. The average Bonchev–Trinajstić information content (AvgIpc) is 2.62. The maximum absolute atomic E-state index is 10.0. The van der Waals surface area contributed by atoms with Crippen LogP contribution in [-0.4, -0.2) is 36.7 Å². The molecule has 3 heteroatoms. The molecule has 3 nitrogen and oxygen atoms in total. The van der Waals surface area contributed by atoms with Gasteiger partial charge in [-0.3, -0.25) is 0 Å². The van der Waals surface area contributed by atoms with E-state index in [1.807, 2.05) is 12.1 Å². The van der Waals surface area contributed by atoms with Gasteiger partial charge in [0.25, 0.3) is 0 Å². The molecular weight excluding hydrogens is 224 g/mol. The van der Waals surface area contributed by atoms with Crippen LogP contribution >= 0.6 is 0 Å². The highest BCUT2D eigenvalue weighted by Gasteiger charge is 2.21. The zero-order valence-electron chi connectivity index (χ0n) is 11.2. The summed E-state index contributed by atoms with van der Waals surface area (Å²) in [5.41, 5.74) is 7.92. The van der Waals surface area contributed by atoms with Gasteiger partial charge in [0, 0.05) is 6.54 Å². The minimum atomic E-state index is -0.526. The lowest BCUT2D eigenvalue weighted by atomic mass is 9.87. The molecule has 2 unspecified atom stereocenters. The SMILES string of the molecule is CN1CCCC(c2ccccc2C(O)CN)CC1.